The minimum atomic E-state index is -1.11. The van der Waals surface area contributed by atoms with Gasteiger partial charge >= 0.3 is 18.0 Å². The minimum Gasteiger partial charge on any atom is -0.497 e. The summed E-state index contributed by atoms with van der Waals surface area (Å²) in [6.45, 7) is 0. The third kappa shape index (κ3) is 7.07. The molecule has 4 aromatic rings. The second-order valence-corrected chi connectivity index (χ2v) is 13.5. The number of hydrogen-bond donors (Lipinski definition) is 2. The molecule has 2 fully saturated rings. The fraction of sp³-hybridized carbons (Fsp3) is 0.289. The molecule has 6 rings (SSSR count). The molecule has 12 nitrogen and oxygen atoms in total. The summed E-state index contributed by atoms with van der Waals surface area (Å²) in [4.78, 5) is 41.3. The van der Waals surface area contributed by atoms with Gasteiger partial charge in [0.2, 0.25) is 0 Å². The van der Waals surface area contributed by atoms with Crippen LogP contribution in [-0.4, -0.2) is 85.4 Å². The average molecular weight is 710 g/mol. The van der Waals surface area contributed by atoms with Crippen LogP contribution in [0.2, 0.25) is 0 Å². The lowest BCUT2D eigenvalue weighted by molar-refractivity contribution is -0.137. The third-order valence-electron chi connectivity index (χ3n) is 9.33. The van der Waals surface area contributed by atoms with Gasteiger partial charge in [0.25, 0.3) is 0 Å². The van der Waals surface area contributed by atoms with Crippen molar-refractivity contribution in [1.82, 2.24) is 19.9 Å². The van der Waals surface area contributed by atoms with Crippen LogP contribution in [0.5, 0.6) is 11.5 Å². The highest BCUT2D eigenvalue weighted by molar-refractivity contribution is 8.00. The number of nitrogens with zero attached hydrogens (tertiary/aromatic N) is 5. The number of urea groups is 1. The van der Waals surface area contributed by atoms with Gasteiger partial charge in [0.05, 0.1) is 32.5 Å². The molecule has 3 aromatic carbocycles. The molecule has 0 aliphatic carbocycles. The van der Waals surface area contributed by atoms with Gasteiger partial charge < -0.3 is 24.6 Å². The van der Waals surface area contributed by atoms with Gasteiger partial charge in [0.15, 0.2) is 5.82 Å². The van der Waals surface area contributed by atoms with E-state index in [1.807, 2.05) is 83.8 Å². The first kappa shape index (κ1) is 35.3. The van der Waals surface area contributed by atoms with Gasteiger partial charge in [-0.2, -0.15) is 11.8 Å². The second-order valence-electron chi connectivity index (χ2n) is 12.2. The number of methoxy groups -OCH3 is 2. The maximum absolute atomic E-state index is 15.4. The van der Waals surface area contributed by atoms with Crippen LogP contribution in [0.25, 0.3) is 6.20 Å². The highest BCUT2D eigenvalue weighted by atomic mass is 32.2. The smallest absolute Gasteiger partial charge is 0.328 e. The molecule has 0 radical (unpaired) electrons. The van der Waals surface area contributed by atoms with Crippen LogP contribution in [0.1, 0.15) is 42.4 Å². The molecule has 1 aromatic heterocycles. The number of aromatic nitrogens is 3. The Labute approximate surface area is 300 Å². The number of amides is 2. The molecule has 3 atom stereocenters. The zero-order chi connectivity index (χ0) is 36.0. The van der Waals surface area contributed by atoms with Gasteiger partial charge in [0.1, 0.15) is 17.0 Å². The Balaban J connectivity index is 1.52. The first-order valence-electron chi connectivity index (χ1n) is 16.6. The number of unbranched alkanes of at least 4 members (excludes halogenated alkanes) is 1. The molecule has 13 heteroatoms. The van der Waals surface area contributed by atoms with Gasteiger partial charge in [0, 0.05) is 29.7 Å². The number of carbonyl (C=O) groups is 3. The number of fused-ring (bicyclic) bond motifs is 1. The number of benzene rings is 3. The fourth-order valence-corrected chi connectivity index (χ4v) is 8.75. The van der Waals surface area contributed by atoms with Crippen molar-refractivity contribution in [2.24, 2.45) is 0 Å². The maximum atomic E-state index is 15.4. The van der Waals surface area contributed by atoms with E-state index in [2.05, 4.69) is 10.3 Å². The number of carbonyl (C=O) groups excluding carboxylic acids is 1. The number of allylic oxidation sites excluding steroid dienone is 2. The van der Waals surface area contributed by atoms with Crippen molar-refractivity contribution < 1.29 is 34.1 Å². The quantitative estimate of drug-likeness (QED) is 0.0485. The van der Waals surface area contributed by atoms with E-state index in [0.717, 1.165) is 22.8 Å². The summed E-state index contributed by atoms with van der Waals surface area (Å²) in [6, 6.07) is 24.7. The third-order valence-corrected chi connectivity index (χ3v) is 10.8. The lowest BCUT2D eigenvalue weighted by Crippen LogP contribution is -2.54. The zero-order valence-electron chi connectivity index (χ0n) is 28.2. The molecule has 264 valence electrons. The van der Waals surface area contributed by atoms with E-state index in [9.17, 15) is 14.7 Å². The summed E-state index contributed by atoms with van der Waals surface area (Å²) in [7, 11) is 3.24. The van der Waals surface area contributed by atoms with Crippen molar-refractivity contribution in [3.63, 3.8) is 0 Å². The van der Waals surface area contributed by atoms with Crippen molar-refractivity contribution in [3.8, 4) is 11.5 Å². The number of carboxylic acids is 2. The van der Waals surface area contributed by atoms with Crippen molar-refractivity contribution >= 4 is 41.7 Å². The number of hydrogen-bond acceptors (Lipinski definition) is 8. The maximum Gasteiger partial charge on any atom is 0.328 e. The summed E-state index contributed by atoms with van der Waals surface area (Å²) in [5.41, 5.74) is 1.51. The summed E-state index contributed by atoms with van der Waals surface area (Å²) < 4.78 is 12.5. The van der Waals surface area contributed by atoms with Crippen molar-refractivity contribution in [3.05, 3.63) is 120 Å². The lowest BCUT2D eigenvalue weighted by atomic mass is 9.74. The Morgan fingerprint density at radius 2 is 1.53 bits per heavy atom. The average Bonchev–Trinajstić information content (AvgIpc) is 3.85. The predicted molar refractivity (Wildman–Crippen MR) is 194 cm³/mol. The first-order valence-corrected chi connectivity index (χ1v) is 17.6. The van der Waals surface area contributed by atoms with E-state index in [1.165, 1.54) is 16.8 Å². The summed E-state index contributed by atoms with van der Waals surface area (Å²) >= 11 is 1.78. The van der Waals surface area contributed by atoms with Crippen LogP contribution in [0, 0.1) is 0 Å². The SMILES string of the molecule is COc1ccc(C(c2ccccc2)(c2ccc(OC)cc2)N2C(=O)N(c3cn(/C=C/C=C/C(=O)O)nn3)C3C(CCCCC(=O)O)SCC32)cc1. The van der Waals surface area contributed by atoms with Crippen molar-refractivity contribution in [2.75, 3.05) is 24.9 Å². The summed E-state index contributed by atoms with van der Waals surface area (Å²) in [6.07, 6.45) is 9.16. The van der Waals surface area contributed by atoms with Gasteiger partial charge in [-0.15, -0.1) is 5.10 Å². The van der Waals surface area contributed by atoms with Crippen LogP contribution in [0.15, 0.2) is 103 Å². The van der Waals surface area contributed by atoms with Crippen LogP contribution in [-0.2, 0) is 15.1 Å². The number of carboxylic acid groups (broad SMARTS) is 2. The molecular weight excluding hydrogens is 671 g/mol. The monoisotopic (exact) mass is 709 g/mol. The van der Waals surface area contributed by atoms with Gasteiger partial charge in [-0.1, -0.05) is 72.3 Å². The molecule has 2 saturated heterocycles. The molecule has 51 heavy (non-hydrogen) atoms. The summed E-state index contributed by atoms with van der Waals surface area (Å²) in [5.74, 6) is 0.466. The second kappa shape index (κ2) is 15.5. The van der Waals surface area contributed by atoms with Gasteiger partial charge in [-0.3, -0.25) is 9.69 Å². The molecular formula is C38H39N5O7S. The summed E-state index contributed by atoms with van der Waals surface area (Å²) in [5, 5.41) is 26.9. The molecule has 2 aliphatic rings. The van der Waals surface area contributed by atoms with Crippen LogP contribution in [0.4, 0.5) is 10.6 Å². The lowest BCUT2D eigenvalue weighted by Gasteiger charge is -2.45. The van der Waals surface area contributed by atoms with E-state index in [0.29, 0.717) is 42.3 Å². The Kier molecular flexibility index (Phi) is 10.8. The number of thioether (sulfide) groups is 1. The van der Waals surface area contributed by atoms with Crippen molar-refractivity contribution in [1.29, 1.82) is 0 Å². The Hall–Kier alpha value is -5.56. The first-order chi connectivity index (χ1) is 24.8. The molecule has 3 heterocycles. The Morgan fingerprint density at radius 3 is 2.12 bits per heavy atom. The fourth-order valence-electron chi connectivity index (χ4n) is 7.12. The molecule has 0 saturated carbocycles. The molecule has 2 aliphatic heterocycles. The molecule has 0 spiro atoms. The Bertz CT molecular complexity index is 1850. The van der Waals surface area contributed by atoms with E-state index >= 15 is 4.79 Å². The molecule has 2 N–H and O–H groups in total. The van der Waals surface area contributed by atoms with Crippen LogP contribution < -0.4 is 14.4 Å². The topological polar surface area (TPSA) is 147 Å². The molecule has 3 unspecified atom stereocenters. The highest BCUT2D eigenvalue weighted by Crippen LogP contribution is 2.52. The number of aliphatic carboxylic acids is 2. The van der Waals surface area contributed by atoms with E-state index < -0.39 is 17.5 Å². The molecule has 2 amide bonds. The van der Waals surface area contributed by atoms with Crippen LogP contribution in [0.3, 0.4) is 0 Å². The standard InChI is InChI=1S/C38H39N5O7S/c1-49-29-19-15-27(16-20-29)38(26-10-4-3-5-11-26,28-17-21-30(50-2)22-18-28)43-31-25-51-32(12-6-7-13-34(44)45)36(31)42(37(43)48)33-24-41(40-39-33)23-9-8-14-35(46)47/h3-5,8-11,14-24,31-32,36H,6-7,12-13,25H2,1-2H3,(H,44,45)(H,46,47)/b14-8+,23-9+. The largest absolute Gasteiger partial charge is 0.497 e. The van der Waals surface area contributed by atoms with Gasteiger partial charge in [-0.05, 0) is 59.9 Å². The number of ether oxygens (including phenoxy) is 2. The van der Waals surface area contributed by atoms with Gasteiger partial charge in [-0.25, -0.2) is 14.3 Å². The number of rotatable bonds is 15. The van der Waals surface area contributed by atoms with E-state index in [4.69, 9.17) is 14.6 Å². The number of anilines is 1. The van der Waals surface area contributed by atoms with Crippen LogP contribution >= 0.6 is 11.8 Å². The van der Waals surface area contributed by atoms with E-state index in [-0.39, 0.29) is 29.8 Å². The van der Waals surface area contributed by atoms with E-state index in [1.54, 1.807) is 43.3 Å². The molecule has 0 bridgehead atoms. The van der Waals surface area contributed by atoms with Crippen molar-refractivity contribution in [2.45, 2.75) is 48.6 Å². The highest BCUT2D eigenvalue weighted by Gasteiger charge is 2.61. The predicted octanol–water partition coefficient (Wildman–Crippen LogP) is 6.14. The normalized spacial score (nSPS) is 18.9. The minimum absolute atomic E-state index is 0.00264. The zero-order valence-corrected chi connectivity index (χ0v) is 29.1. The Morgan fingerprint density at radius 1 is 0.902 bits per heavy atom.